The lowest BCUT2D eigenvalue weighted by Crippen LogP contribution is -2.72. The number of aromatic hydroxyl groups is 1. The number of Topliss-reactive ketones (excluding diaryl/α,β-unsaturated/α-hetero) is 2. The highest BCUT2D eigenvalue weighted by Crippen LogP contribution is 2.68. The molecule has 0 amide bonds. The number of carbonyl (C=O) groups is 3. The van der Waals surface area contributed by atoms with Crippen molar-refractivity contribution in [2.24, 2.45) is 11.8 Å². The zero-order chi connectivity index (χ0) is 29.9. The van der Waals surface area contributed by atoms with Crippen LogP contribution in [-0.2, 0) is 27.2 Å². The van der Waals surface area contributed by atoms with Crippen molar-refractivity contribution < 1.29 is 38.8 Å². The molecule has 4 bridgehead atoms. The van der Waals surface area contributed by atoms with Crippen molar-refractivity contribution in [1.29, 1.82) is 0 Å². The molecule has 2 unspecified atom stereocenters. The zero-order valence-corrected chi connectivity index (χ0v) is 24.7. The summed E-state index contributed by atoms with van der Waals surface area (Å²) < 4.78 is 20.0. The van der Waals surface area contributed by atoms with Gasteiger partial charge in [-0.3, -0.25) is 14.4 Å². The van der Waals surface area contributed by atoms with E-state index in [1.807, 2.05) is 33.8 Å². The maximum atomic E-state index is 14.5. The van der Waals surface area contributed by atoms with Gasteiger partial charge in [0.1, 0.15) is 35.2 Å². The van der Waals surface area contributed by atoms with Crippen LogP contribution in [0, 0.1) is 11.8 Å². The third-order valence-electron chi connectivity index (χ3n) is 9.72. The number of ether oxygens (including phenoxy) is 3. The number of aldehydes is 1. The van der Waals surface area contributed by atoms with Crippen LogP contribution in [0.5, 0.6) is 17.2 Å². The molecule has 2 fully saturated rings. The summed E-state index contributed by atoms with van der Waals surface area (Å²) in [5.74, 6) is -1.05. The monoisotopic (exact) mass is 562 g/mol. The number of ketones is 2. The molecule has 1 aromatic carbocycles. The zero-order valence-electron chi connectivity index (χ0n) is 24.7. The molecule has 3 aliphatic carbocycles. The predicted octanol–water partition coefficient (Wildman–Crippen LogP) is 4.52. The maximum Gasteiger partial charge on any atom is 0.200 e. The topological polar surface area (TPSA) is 119 Å². The molecule has 7 rings (SSSR count). The molecule has 8 heteroatoms. The summed E-state index contributed by atoms with van der Waals surface area (Å²) in [6.45, 7) is 12.7. The molecule has 41 heavy (non-hydrogen) atoms. The minimum atomic E-state index is -1.52. The molecule has 5 atom stereocenters. The molecular formula is C33H38O8. The normalized spacial score (nSPS) is 32.4. The Morgan fingerprint density at radius 2 is 1.85 bits per heavy atom. The molecule has 0 radical (unpaired) electrons. The predicted molar refractivity (Wildman–Crippen MR) is 150 cm³/mol. The summed E-state index contributed by atoms with van der Waals surface area (Å²) in [6.07, 6.45) is 6.61. The van der Waals surface area contributed by atoms with Gasteiger partial charge in [0, 0.05) is 41.4 Å². The van der Waals surface area contributed by atoms with Gasteiger partial charge in [0.05, 0.1) is 11.2 Å². The molecule has 3 aliphatic heterocycles. The molecule has 8 nitrogen and oxygen atoms in total. The van der Waals surface area contributed by atoms with Crippen LogP contribution in [0.15, 0.2) is 34.9 Å². The van der Waals surface area contributed by atoms with E-state index in [1.54, 1.807) is 32.9 Å². The Morgan fingerprint density at radius 1 is 1.15 bits per heavy atom. The quantitative estimate of drug-likeness (QED) is 0.295. The molecule has 218 valence electrons. The lowest BCUT2D eigenvalue weighted by molar-refractivity contribution is -0.171. The SMILES string of the molecule is CC(C)=CCc1c2c(c(O)c3c1OC14C(=C[C@H]5C[C@@H]1C(C)(C)O[C@]4(C/C=C(\C)C=O)C5=O)C3=O)CC(C(C)(C)O)O2. The van der Waals surface area contributed by atoms with Gasteiger partial charge >= 0.3 is 0 Å². The number of rotatable bonds is 6. The van der Waals surface area contributed by atoms with Gasteiger partial charge in [-0.05, 0) is 66.9 Å². The first-order chi connectivity index (χ1) is 19.1. The Hall–Kier alpha value is -3.23. The van der Waals surface area contributed by atoms with E-state index >= 15 is 0 Å². The minimum absolute atomic E-state index is 0.0600. The minimum Gasteiger partial charge on any atom is -0.507 e. The van der Waals surface area contributed by atoms with Crippen molar-refractivity contribution in [3.63, 3.8) is 0 Å². The number of benzene rings is 1. The molecule has 1 spiro atoms. The average molecular weight is 563 g/mol. The number of hydrogen-bond donors (Lipinski definition) is 2. The maximum absolute atomic E-state index is 14.5. The molecule has 3 heterocycles. The van der Waals surface area contributed by atoms with Crippen LogP contribution < -0.4 is 9.47 Å². The number of fused-ring (bicyclic) bond motifs is 2. The van der Waals surface area contributed by atoms with E-state index in [1.165, 1.54) is 0 Å². The fourth-order valence-electron chi connectivity index (χ4n) is 7.69. The van der Waals surface area contributed by atoms with Gasteiger partial charge in [0.15, 0.2) is 22.8 Å². The molecule has 1 saturated heterocycles. The van der Waals surface area contributed by atoms with Gasteiger partial charge in [-0.25, -0.2) is 0 Å². The van der Waals surface area contributed by atoms with Crippen LogP contribution in [0.25, 0.3) is 0 Å². The van der Waals surface area contributed by atoms with Gasteiger partial charge < -0.3 is 24.4 Å². The third-order valence-corrected chi connectivity index (χ3v) is 9.72. The number of allylic oxidation sites excluding steroid dienone is 4. The second-order valence-corrected chi connectivity index (χ2v) is 13.6. The Bertz CT molecular complexity index is 1500. The van der Waals surface area contributed by atoms with Gasteiger partial charge in [-0.2, -0.15) is 0 Å². The van der Waals surface area contributed by atoms with Crippen molar-refractivity contribution in [1.82, 2.24) is 0 Å². The van der Waals surface area contributed by atoms with E-state index in [9.17, 15) is 24.6 Å². The lowest BCUT2D eigenvalue weighted by Gasteiger charge is -2.56. The number of phenolic OH excluding ortho intramolecular Hbond substituents is 1. The van der Waals surface area contributed by atoms with Gasteiger partial charge in [-0.1, -0.05) is 23.8 Å². The smallest absolute Gasteiger partial charge is 0.200 e. The van der Waals surface area contributed by atoms with E-state index in [-0.39, 0.29) is 47.4 Å². The first-order valence-electron chi connectivity index (χ1n) is 14.3. The van der Waals surface area contributed by atoms with Crippen LogP contribution in [-0.4, -0.2) is 56.6 Å². The van der Waals surface area contributed by atoms with Crippen LogP contribution in [0.2, 0.25) is 0 Å². The van der Waals surface area contributed by atoms with Crippen molar-refractivity contribution in [3.8, 4) is 17.2 Å². The Labute approximate surface area is 240 Å². The van der Waals surface area contributed by atoms with Crippen LogP contribution in [0.1, 0.15) is 82.8 Å². The summed E-state index contributed by atoms with van der Waals surface area (Å²) in [6, 6.07) is 0. The van der Waals surface area contributed by atoms with Crippen LogP contribution in [0.3, 0.4) is 0 Å². The Kier molecular flexibility index (Phi) is 5.89. The van der Waals surface area contributed by atoms with Gasteiger partial charge in [0.2, 0.25) is 0 Å². The molecule has 1 aromatic rings. The highest BCUT2D eigenvalue weighted by Gasteiger charge is 2.81. The largest absolute Gasteiger partial charge is 0.507 e. The van der Waals surface area contributed by atoms with Crippen molar-refractivity contribution in [3.05, 3.63) is 51.6 Å². The summed E-state index contributed by atoms with van der Waals surface area (Å²) >= 11 is 0. The van der Waals surface area contributed by atoms with Crippen LogP contribution >= 0.6 is 0 Å². The van der Waals surface area contributed by atoms with E-state index in [0.717, 1.165) is 11.9 Å². The fraction of sp³-hybridized carbons (Fsp3) is 0.545. The second-order valence-electron chi connectivity index (χ2n) is 13.6. The first kappa shape index (κ1) is 27.9. The number of phenols is 1. The van der Waals surface area contributed by atoms with Gasteiger partial charge in [-0.15, -0.1) is 0 Å². The molecule has 0 aromatic heterocycles. The molecule has 6 aliphatic rings. The Balaban J connectivity index is 1.63. The van der Waals surface area contributed by atoms with E-state index in [2.05, 4.69) is 0 Å². The van der Waals surface area contributed by atoms with E-state index in [0.29, 0.717) is 40.9 Å². The highest BCUT2D eigenvalue weighted by atomic mass is 16.6. The summed E-state index contributed by atoms with van der Waals surface area (Å²) in [5.41, 5.74) is -2.03. The molecule has 1 saturated carbocycles. The average Bonchev–Trinajstić information content (AvgIpc) is 3.40. The van der Waals surface area contributed by atoms with E-state index < -0.39 is 34.4 Å². The van der Waals surface area contributed by atoms with E-state index in [4.69, 9.17) is 14.2 Å². The number of hydrogen-bond acceptors (Lipinski definition) is 8. The first-order valence-corrected chi connectivity index (χ1v) is 14.3. The lowest BCUT2D eigenvalue weighted by atomic mass is 9.51. The highest BCUT2D eigenvalue weighted by molar-refractivity contribution is 6.18. The second kappa shape index (κ2) is 8.65. The third kappa shape index (κ3) is 3.56. The van der Waals surface area contributed by atoms with Crippen molar-refractivity contribution in [2.75, 3.05) is 0 Å². The Morgan fingerprint density at radius 3 is 2.49 bits per heavy atom. The van der Waals surface area contributed by atoms with Crippen molar-refractivity contribution in [2.45, 2.75) is 103 Å². The van der Waals surface area contributed by atoms with Crippen molar-refractivity contribution >= 4 is 17.9 Å². The number of carbonyl (C=O) groups excluding carboxylic acids is 3. The van der Waals surface area contributed by atoms with Crippen LogP contribution in [0.4, 0.5) is 0 Å². The fourth-order valence-corrected chi connectivity index (χ4v) is 7.69. The number of aliphatic hydroxyl groups is 1. The summed E-state index contributed by atoms with van der Waals surface area (Å²) in [5, 5.41) is 22.4. The summed E-state index contributed by atoms with van der Waals surface area (Å²) in [7, 11) is 0. The van der Waals surface area contributed by atoms with Gasteiger partial charge in [0.25, 0.3) is 0 Å². The molecule has 2 N–H and O–H groups in total. The summed E-state index contributed by atoms with van der Waals surface area (Å²) in [4.78, 5) is 40.2. The standard InChI is InChI=1S/C33H38O8/c1-16(2)8-9-19-27-20(14-23(39-27)30(4,5)38)25(35)24-26(36)21-12-18-13-22-31(6,7)41-32(29(18)37,11-10-17(3)15-34)33(21,22)40-28(19)24/h8,10,12,15,18,22-23,35,38H,9,11,13-14H2,1-7H3/b17-10+/t18-,22+,23?,32+,33?/m0/s1. The molecular weight excluding hydrogens is 524 g/mol.